The molecule has 1 rings (SSSR count). The molecule has 0 aliphatic heterocycles. The Labute approximate surface area is 77.7 Å². The van der Waals surface area contributed by atoms with Crippen LogP contribution in [0.1, 0.15) is 65.7 Å². The standard InChI is InChI=1S/C12H24/c1-4-6-11-7-9-12(3,5-2)10-8-11/h11H,4-10H2,1-3H3. The summed E-state index contributed by atoms with van der Waals surface area (Å²) in [7, 11) is 0. The van der Waals surface area contributed by atoms with Gasteiger partial charge in [0.2, 0.25) is 0 Å². The van der Waals surface area contributed by atoms with Gasteiger partial charge in [0.15, 0.2) is 0 Å². The predicted molar refractivity (Wildman–Crippen MR) is 55.3 cm³/mol. The Morgan fingerprint density at radius 1 is 1.17 bits per heavy atom. The minimum Gasteiger partial charge on any atom is -0.0654 e. The fourth-order valence-corrected chi connectivity index (χ4v) is 2.42. The van der Waals surface area contributed by atoms with Gasteiger partial charge in [0.1, 0.15) is 0 Å². The molecule has 0 spiro atoms. The first-order valence-electron chi connectivity index (χ1n) is 5.70. The molecule has 1 aliphatic rings. The molecular formula is C12H24. The normalized spacial score (nSPS) is 36.8. The molecule has 0 amide bonds. The van der Waals surface area contributed by atoms with Crippen molar-refractivity contribution in [3.05, 3.63) is 0 Å². The van der Waals surface area contributed by atoms with Gasteiger partial charge in [0.25, 0.3) is 0 Å². The Hall–Kier alpha value is 0. The van der Waals surface area contributed by atoms with Crippen molar-refractivity contribution < 1.29 is 0 Å². The molecule has 0 bridgehead atoms. The fourth-order valence-electron chi connectivity index (χ4n) is 2.42. The third-order valence-electron chi connectivity index (χ3n) is 3.86. The van der Waals surface area contributed by atoms with Gasteiger partial charge in [-0.05, 0) is 37.0 Å². The van der Waals surface area contributed by atoms with Crippen LogP contribution in [0.4, 0.5) is 0 Å². The lowest BCUT2D eigenvalue weighted by molar-refractivity contribution is 0.158. The Morgan fingerprint density at radius 3 is 2.17 bits per heavy atom. The fraction of sp³-hybridized carbons (Fsp3) is 1.00. The molecule has 0 heterocycles. The summed E-state index contributed by atoms with van der Waals surface area (Å²) in [4.78, 5) is 0. The minimum absolute atomic E-state index is 0.699. The summed E-state index contributed by atoms with van der Waals surface area (Å²) >= 11 is 0. The molecule has 0 heteroatoms. The maximum Gasteiger partial charge on any atom is -0.0328 e. The first-order chi connectivity index (χ1) is 5.70. The molecule has 0 atom stereocenters. The second-order valence-electron chi connectivity index (χ2n) is 4.90. The highest BCUT2D eigenvalue weighted by Gasteiger charge is 2.28. The summed E-state index contributed by atoms with van der Waals surface area (Å²) in [6, 6.07) is 0. The lowest BCUT2D eigenvalue weighted by Crippen LogP contribution is -2.23. The zero-order chi connectivity index (χ0) is 9.03. The second-order valence-corrected chi connectivity index (χ2v) is 4.90. The highest BCUT2D eigenvalue weighted by atomic mass is 14.3. The van der Waals surface area contributed by atoms with Crippen LogP contribution >= 0.6 is 0 Å². The Kier molecular flexibility index (Phi) is 3.61. The van der Waals surface area contributed by atoms with Gasteiger partial charge in [0, 0.05) is 0 Å². The average molecular weight is 168 g/mol. The zero-order valence-corrected chi connectivity index (χ0v) is 9.03. The summed E-state index contributed by atoms with van der Waals surface area (Å²) < 4.78 is 0. The molecule has 0 radical (unpaired) electrons. The molecule has 0 N–H and O–H groups in total. The molecule has 0 aromatic heterocycles. The van der Waals surface area contributed by atoms with Gasteiger partial charge in [0.05, 0.1) is 0 Å². The largest absolute Gasteiger partial charge is 0.0654 e. The Bertz CT molecular complexity index is 118. The zero-order valence-electron chi connectivity index (χ0n) is 9.03. The van der Waals surface area contributed by atoms with E-state index in [0.29, 0.717) is 5.41 Å². The second kappa shape index (κ2) is 4.30. The van der Waals surface area contributed by atoms with Gasteiger partial charge in [-0.25, -0.2) is 0 Å². The summed E-state index contributed by atoms with van der Waals surface area (Å²) in [5, 5.41) is 0. The molecule has 0 unspecified atom stereocenters. The lowest BCUT2D eigenvalue weighted by atomic mass is 9.69. The number of hydrogen-bond donors (Lipinski definition) is 0. The molecule has 1 saturated carbocycles. The van der Waals surface area contributed by atoms with Crippen LogP contribution in [0.2, 0.25) is 0 Å². The van der Waals surface area contributed by atoms with E-state index in [9.17, 15) is 0 Å². The van der Waals surface area contributed by atoms with Crippen molar-refractivity contribution >= 4 is 0 Å². The molecule has 0 aromatic rings. The van der Waals surface area contributed by atoms with Crippen molar-refractivity contribution in [2.24, 2.45) is 11.3 Å². The van der Waals surface area contributed by atoms with Crippen LogP contribution in [0.5, 0.6) is 0 Å². The van der Waals surface area contributed by atoms with E-state index in [1.54, 1.807) is 0 Å². The van der Waals surface area contributed by atoms with Crippen molar-refractivity contribution in [1.29, 1.82) is 0 Å². The summed E-state index contributed by atoms with van der Waals surface area (Å²) in [6.45, 7) is 7.13. The van der Waals surface area contributed by atoms with Crippen LogP contribution in [0, 0.1) is 11.3 Å². The Balaban J connectivity index is 2.29. The maximum atomic E-state index is 2.47. The van der Waals surface area contributed by atoms with Crippen LogP contribution < -0.4 is 0 Å². The van der Waals surface area contributed by atoms with Crippen molar-refractivity contribution in [2.45, 2.75) is 65.7 Å². The van der Waals surface area contributed by atoms with Crippen LogP contribution in [-0.2, 0) is 0 Å². The minimum atomic E-state index is 0.699. The number of hydrogen-bond acceptors (Lipinski definition) is 0. The van der Waals surface area contributed by atoms with Crippen LogP contribution in [0.25, 0.3) is 0 Å². The summed E-state index contributed by atoms with van der Waals surface area (Å²) in [5.74, 6) is 1.06. The summed E-state index contributed by atoms with van der Waals surface area (Å²) in [6.07, 6.45) is 10.2. The van der Waals surface area contributed by atoms with Gasteiger partial charge in [-0.2, -0.15) is 0 Å². The topological polar surface area (TPSA) is 0 Å². The van der Waals surface area contributed by atoms with E-state index < -0.39 is 0 Å². The van der Waals surface area contributed by atoms with E-state index in [1.807, 2.05) is 0 Å². The van der Waals surface area contributed by atoms with E-state index in [-0.39, 0.29) is 0 Å². The molecule has 72 valence electrons. The third-order valence-corrected chi connectivity index (χ3v) is 3.86. The van der Waals surface area contributed by atoms with E-state index in [1.165, 1.54) is 44.9 Å². The maximum absolute atomic E-state index is 2.47. The molecular weight excluding hydrogens is 144 g/mol. The molecule has 0 aromatic carbocycles. The van der Waals surface area contributed by atoms with E-state index in [2.05, 4.69) is 20.8 Å². The first-order valence-corrected chi connectivity index (χ1v) is 5.70. The summed E-state index contributed by atoms with van der Waals surface area (Å²) in [5.41, 5.74) is 0.699. The van der Waals surface area contributed by atoms with Crippen molar-refractivity contribution in [3.63, 3.8) is 0 Å². The highest BCUT2D eigenvalue weighted by molar-refractivity contribution is 4.80. The SMILES string of the molecule is CCCC1CCC(C)(CC)CC1. The van der Waals surface area contributed by atoms with Gasteiger partial charge in [-0.3, -0.25) is 0 Å². The van der Waals surface area contributed by atoms with E-state index in [4.69, 9.17) is 0 Å². The molecule has 1 aliphatic carbocycles. The molecule has 12 heavy (non-hydrogen) atoms. The smallest absolute Gasteiger partial charge is 0.0328 e. The first kappa shape index (κ1) is 10.1. The lowest BCUT2D eigenvalue weighted by Gasteiger charge is -2.36. The average Bonchev–Trinajstić information content (AvgIpc) is 2.10. The predicted octanol–water partition coefficient (Wildman–Crippen LogP) is 4.39. The van der Waals surface area contributed by atoms with Crippen LogP contribution in [0.15, 0.2) is 0 Å². The van der Waals surface area contributed by atoms with Gasteiger partial charge in [-0.1, -0.05) is 40.0 Å². The van der Waals surface area contributed by atoms with Crippen LogP contribution in [0.3, 0.4) is 0 Å². The monoisotopic (exact) mass is 168 g/mol. The quantitative estimate of drug-likeness (QED) is 0.586. The van der Waals surface area contributed by atoms with Crippen LogP contribution in [-0.4, -0.2) is 0 Å². The molecule has 0 nitrogen and oxygen atoms in total. The van der Waals surface area contributed by atoms with Gasteiger partial charge < -0.3 is 0 Å². The Morgan fingerprint density at radius 2 is 1.75 bits per heavy atom. The van der Waals surface area contributed by atoms with Crippen molar-refractivity contribution in [3.8, 4) is 0 Å². The molecule has 1 fully saturated rings. The molecule has 0 saturated heterocycles. The van der Waals surface area contributed by atoms with Gasteiger partial charge in [-0.15, -0.1) is 0 Å². The number of rotatable bonds is 3. The van der Waals surface area contributed by atoms with Gasteiger partial charge >= 0.3 is 0 Å². The van der Waals surface area contributed by atoms with Crippen molar-refractivity contribution in [1.82, 2.24) is 0 Å². The highest BCUT2D eigenvalue weighted by Crippen LogP contribution is 2.42. The third kappa shape index (κ3) is 2.50. The van der Waals surface area contributed by atoms with Crippen molar-refractivity contribution in [2.75, 3.05) is 0 Å². The van der Waals surface area contributed by atoms with E-state index >= 15 is 0 Å². The van der Waals surface area contributed by atoms with E-state index in [0.717, 1.165) is 5.92 Å².